The number of sulfonamides is 2. The van der Waals surface area contributed by atoms with Crippen LogP contribution in [0.4, 0.5) is 11.4 Å². The molecule has 1 saturated heterocycles. The van der Waals surface area contributed by atoms with Gasteiger partial charge in [0.2, 0.25) is 15.9 Å². The van der Waals surface area contributed by atoms with Crippen molar-refractivity contribution in [3.63, 3.8) is 0 Å². The topological polar surface area (TPSA) is 122 Å². The molecule has 40 heavy (non-hydrogen) atoms. The average Bonchev–Trinajstić information content (AvgIpc) is 3.27. The Kier molecular flexibility index (Phi) is 9.33. The summed E-state index contributed by atoms with van der Waals surface area (Å²) in [7, 11) is -4.88. The van der Waals surface area contributed by atoms with E-state index in [-0.39, 0.29) is 15.5 Å². The van der Waals surface area contributed by atoms with E-state index >= 15 is 0 Å². The van der Waals surface area contributed by atoms with Crippen LogP contribution in [0.15, 0.2) is 82.6 Å². The molecular weight excluding hydrogens is 554 g/mol. The molecular formula is C28H33N3O7S2. The van der Waals surface area contributed by atoms with Crippen LogP contribution in [0.1, 0.15) is 25.7 Å². The van der Waals surface area contributed by atoms with Gasteiger partial charge in [-0.1, -0.05) is 31.0 Å². The van der Waals surface area contributed by atoms with Gasteiger partial charge in [0.25, 0.3) is 10.0 Å². The Morgan fingerprint density at radius 2 is 1.43 bits per heavy atom. The molecule has 0 spiro atoms. The third-order valence-corrected chi connectivity index (χ3v) is 10.3. The van der Waals surface area contributed by atoms with E-state index in [4.69, 9.17) is 9.47 Å². The van der Waals surface area contributed by atoms with Gasteiger partial charge in [-0.3, -0.25) is 9.10 Å². The summed E-state index contributed by atoms with van der Waals surface area (Å²) in [5.41, 5.74) is 0.541. The molecule has 0 radical (unpaired) electrons. The molecule has 0 bridgehead atoms. The van der Waals surface area contributed by atoms with E-state index in [1.54, 1.807) is 24.3 Å². The third-order valence-electron chi connectivity index (χ3n) is 6.61. The van der Waals surface area contributed by atoms with Crippen LogP contribution in [0, 0.1) is 0 Å². The van der Waals surface area contributed by atoms with Gasteiger partial charge in [0.15, 0.2) is 11.5 Å². The third kappa shape index (κ3) is 6.57. The van der Waals surface area contributed by atoms with Gasteiger partial charge in [-0.05, 0) is 61.4 Å². The average molecular weight is 588 g/mol. The monoisotopic (exact) mass is 587 g/mol. The maximum absolute atomic E-state index is 13.6. The fraction of sp³-hybridized carbons (Fsp3) is 0.321. The van der Waals surface area contributed by atoms with Crippen LogP contribution >= 0.6 is 0 Å². The van der Waals surface area contributed by atoms with Crippen molar-refractivity contribution in [3.8, 4) is 11.5 Å². The van der Waals surface area contributed by atoms with Crippen LogP contribution in [0.25, 0.3) is 0 Å². The lowest BCUT2D eigenvalue weighted by molar-refractivity contribution is -0.114. The maximum atomic E-state index is 13.6. The first-order chi connectivity index (χ1) is 19.2. The minimum absolute atomic E-state index is 0.0145. The highest BCUT2D eigenvalue weighted by atomic mass is 32.2. The summed E-state index contributed by atoms with van der Waals surface area (Å²) >= 11 is 0. The number of carbonyl (C=O) groups excluding carboxylic acids is 1. The highest BCUT2D eigenvalue weighted by Crippen LogP contribution is 2.34. The number of hydrogen-bond acceptors (Lipinski definition) is 7. The first-order valence-electron chi connectivity index (χ1n) is 12.9. The summed E-state index contributed by atoms with van der Waals surface area (Å²) in [6.45, 7) is 0.436. The maximum Gasteiger partial charge on any atom is 0.264 e. The van der Waals surface area contributed by atoms with E-state index in [2.05, 4.69) is 5.32 Å². The quantitative estimate of drug-likeness (QED) is 0.379. The van der Waals surface area contributed by atoms with Gasteiger partial charge >= 0.3 is 0 Å². The van der Waals surface area contributed by atoms with Crippen molar-refractivity contribution in [2.75, 3.05) is 43.5 Å². The van der Waals surface area contributed by atoms with Gasteiger partial charge in [-0.15, -0.1) is 0 Å². The molecule has 0 atom stereocenters. The second-order valence-corrected chi connectivity index (χ2v) is 13.1. The summed E-state index contributed by atoms with van der Waals surface area (Å²) < 4.78 is 66.4. The molecule has 0 aromatic heterocycles. The number of amides is 1. The highest BCUT2D eigenvalue weighted by molar-refractivity contribution is 7.92. The Labute approximate surface area is 235 Å². The Morgan fingerprint density at radius 3 is 2.02 bits per heavy atom. The zero-order chi connectivity index (χ0) is 28.8. The summed E-state index contributed by atoms with van der Waals surface area (Å²) in [6.07, 6.45) is 3.68. The van der Waals surface area contributed by atoms with E-state index in [9.17, 15) is 21.6 Å². The Balaban J connectivity index is 1.57. The molecule has 1 N–H and O–H groups in total. The number of nitrogens with one attached hydrogen (secondary N) is 1. The number of nitrogens with zero attached hydrogens (tertiary/aromatic N) is 2. The van der Waals surface area contributed by atoms with Crippen molar-refractivity contribution >= 4 is 37.3 Å². The Hall–Kier alpha value is -3.61. The summed E-state index contributed by atoms with van der Waals surface area (Å²) in [6, 6.07) is 18.2. The van der Waals surface area contributed by atoms with E-state index in [0.717, 1.165) is 30.0 Å². The van der Waals surface area contributed by atoms with Crippen molar-refractivity contribution in [1.82, 2.24) is 4.31 Å². The lowest BCUT2D eigenvalue weighted by Crippen LogP contribution is -2.38. The van der Waals surface area contributed by atoms with Gasteiger partial charge in [-0.25, -0.2) is 16.8 Å². The second-order valence-electron chi connectivity index (χ2n) is 9.25. The molecule has 10 nitrogen and oxygen atoms in total. The highest BCUT2D eigenvalue weighted by Gasteiger charge is 2.29. The van der Waals surface area contributed by atoms with Crippen LogP contribution in [-0.2, 0) is 24.8 Å². The van der Waals surface area contributed by atoms with Crippen LogP contribution in [0.2, 0.25) is 0 Å². The number of rotatable bonds is 10. The Morgan fingerprint density at radius 1 is 0.800 bits per heavy atom. The predicted molar refractivity (Wildman–Crippen MR) is 153 cm³/mol. The van der Waals surface area contributed by atoms with Gasteiger partial charge in [-0.2, -0.15) is 4.31 Å². The first-order valence-corrected chi connectivity index (χ1v) is 15.7. The standard InChI is InChI=1S/C28H33N3O7S2/c1-37-26-17-14-23(20-27(26)38-2)31(40(35,36)24-10-6-5-7-11-24)21-28(32)29-22-12-15-25(16-13-22)39(33,34)30-18-8-3-4-9-19-30/h5-7,10-17,20H,3-4,8-9,18-19,21H2,1-2H3,(H,29,32). The van der Waals surface area contributed by atoms with Crippen molar-refractivity contribution < 1.29 is 31.1 Å². The first kappa shape index (κ1) is 29.4. The molecule has 3 aromatic rings. The van der Waals surface area contributed by atoms with Crippen LogP contribution in [-0.4, -0.2) is 60.9 Å². The van der Waals surface area contributed by atoms with E-state index in [0.29, 0.717) is 30.3 Å². The summed E-state index contributed by atoms with van der Waals surface area (Å²) in [4.78, 5) is 13.3. The number of methoxy groups -OCH3 is 2. The molecule has 1 aliphatic rings. The van der Waals surface area contributed by atoms with Crippen molar-refractivity contribution in [2.45, 2.75) is 35.5 Å². The molecule has 1 aliphatic heterocycles. The predicted octanol–water partition coefficient (Wildman–Crippen LogP) is 4.10. The fourth-order valence-corrected chi connectivity index (χ4v) is 7.44. The molecule has 1 heterocycles. The Bertz CT molecular complexity index is 1520. The van der Waals surface area contributed by atoms with Crippen molar-refractivity contribution in [3.05, 3.63) is 72.8 Å². The van der Waals surface area contributed by atoms with Crippen LogP contribution < -0.4 is 19.1 Å². The molecule has 214 valence electrons. The number of hydrogen-bond donors (Lipinski definition) is 1. The zero-order valence-corrected chi connectivity index (χ0v) is 24.1. The van der Waals surface area contributed by atoms with E-state index < -0.39 is 32.5 Å². The van der Waals surface area contributed by atoms with Gasteiger partial charge < -0.3 is 14.8 Å². The zero-order valence-electron chi connectivity index (χ0n) is 22.4. The molecule has 0 aliphatic carbocycles. The molecule has 4 rings (SSSR count). The van der Waals surface area contributed by atoms with Crippen LogP contribution in [0.3, 0.4) is 0 Å². The van der Waals surface area contributed by atoms with E-state index in [1.807, 2.05) is 0 Å². The number of carbonyl (C=O) groups is 1. The van der Waals surface area contributed by atoms with Gasteiger partial charge in [0.05, 0.1) is 29.7 Å². The lowest BCUT2D eigenvalue weighted by atomic mass is 10.2. The molecule has 0 unspecified atom stereocenters. The number of benzene rings is 3. The van der Waals surface area contributed by atoms with Crippen molar-refractivity contribution in [1.29, 1.82) is 0 Å². The van der Waals surface area contributed by atoms with Gasteiger partial charge in [0, 0.05) is 24.8 Å². The number of anilines is 2. The molecule has 0 saturated carbocycles. The SMILES string of the molecule is COc1ccc(N(CC(=O)Nc2ccc(S(=O)(=O)N3CCCCCC3)cc2)S(=O)(=O)c2ccccc2)cc1OC. The fourth-order valence-electron chi connectivity index (χ4n) is 4.49. The lowest BCUT2D eigenvalue weighted by Gasteiger charge is -2.25. The van der Waals surface area contributed by atoms with Crippen LogP contribution in [0.5, 0.6) is 11.5 Å². The minimum atomic E-state index is -4.14. The second kappa shape index (κ2) is 12.7. The van der Waals surface area contributed by atoms with Gasteiger partial charge in [0.1, 0.15) is 6.54 Å². The molecule has 12 heteroatoms. The summed E-state index contributed by atoms with van der Waals surface area (Å²) in [5, 5.41) is 2.68. The minimum Gasteiger partial charge on any atom is -0.493 e. The smallest absolute Gasteiger partial charge is 0.264 e. The molecule has 1 fully saturated rings. The van der Waals surface area contributed by atoms with Crippen molar-refractivity contribution in [2.24, 2.45) is 0 Å². The normalized spacial score (nSPS) is 14.7. The molecule has 3 aromatic carbocycles. The van der Waals surface area contributed by atoms with E-state index in [1.165, 1.54) is 67.1 Å². The number of ether oxygens (including phenoxy) is 2. The summed E-state index contributed by atoms with van der Waals surface area (Å²) in [5.74, 6) is 0.0928. The largest absolute Gasteiger partial charge is 0.493 e. The molecule has 1 amide bonds.